The maximum Gasteiger partial charge on any atom is 0.169 e. The highest BCUT2D eigenvalue weighted by atomic mass is 32.1. The van der Waals surface area contributed by atoms with Crippen LogP contribution in [0.2, 0.25) is 0 Å². The topological polar surface area (TPSA) is 15.3 Å². The molecule has 1 aliphatic rings. The molecular weight excluding hydrogens is 236 g/mol. The molecule has 2 heterocycles. The van der Waals surface area contributed by atoms with Crippen LogP contribution in [-0.4, -0.2) is 23.1 Å². The summed E-state index contributed by atoms with van der Waals surface area (Å²) >= 11 is 7.28. The van der Waals surface area contributed by atoms with Crippen molar-refractivity contribution in [2.75, 3.05) is 13.1 Å². The second-order valence-electron chi connectivity index (χ2n) is 4.62. The molecule has 0 fully saturated rings. The van der Waals surface area contributed by atoms with Gasteiger partial charge < -0.3 is 10.2 Å². The molecule has 0 saturated heterocycles. The van der Waals surface area contributed by atoms with Crippen LogP contribution in [0.1, 0.15) is 24.3 Å². The predicted octanol–water partition coefficient (Wildman–Crippen LogP) is 2.64. The first-order chi connectivity index (χ1) is 7.66. The van der Waals surface area contributed by atoms with Gasteiger partial charge in [-0.3, -0.25) is 0 Å². The Morgan fingerprint density at radius 2 is 2.44 bits per heavy atom. The average molecular weight is 254 g/mol. The van der Waals surface area contributed by atoms with Gasteiger partial charge in [-0.15, -0.1) is 11.3 Å². The lowest BCUT2D eigenvalue weighted by molar-refractivity contribution is 0.387. The molecule has 2 rings (SSSR count). The summed E-state index contributed by atoms with van der Waals surface area (Å²) < 4.78 is 0. The van der Waals surface area contributed by atoms with Crippen LogP contribution in [0, 0.1) is 5.92 Å². The van der Waals surface area contributed by atoms with E-state index in [-0.39, 0.29) is 0 Å². The van der Waals surface area contributed by atoms with Crippen LogP contribution in [0.5, 0.6) is 0 Å². The van der Waals surface area contributed by atoms with Crippen molar-refractivity contribution in [3.63, 3.8) is 0 Å². The van der Waals surface area contributed by atoms with Crippen LogP contribution < -0.4 is 5.32 Å². The lowest BCUT2D eigenvalue weighted by Crippen LogP contribution is -2.43. The Morgan fingerprint density at radius 3 is 3.19 bits per heavy atom. The molecule has 0 aromatic carbocycles. The number of fused-ring (bicyclic) bond motifs is 1. The molecule has 1 aliphatic heterocycles. The SMILES string of the molecule is CC(C)CNC(=S)N1CCc2sccc2C1. The zero-order chi connectivity index (χ0) is 11.5. The molecule has 0 unspecified atom stereocenters. The molecule has 16 heavy (non-hydrogen) atoms. The first-order valence-corrected chi connectivity index (χ1v) is 7.03. The van der Waals surface area contributed by atoms with Crippen molar-refractivity contribution in [1.82, 2.24) is 10.2 Å². The van der Waals surface area contributed by atoms with Crippen LogP contribution >= 0.6 is 23.6 Å². The smallest absolute Gasteiger partial charge is 0.169 e. The summed E-state index contributed by atoms with van der Waals surface area (Å²) in [6.07, 6.45) is 1.14. The zero-order valence-corrected chi connectivity index (χ0v) is 11.5. The number of nitrogens with one attached hydrogen (secondary N) is 1. The zero-order valence-electron chi connectivity index (χ0n) is 9.82. The second-order valence-corrected chi connectivity index (χ2v) is 6.01. The molecule has 1 aromatic rings. The Hall–Kier alpha value is -0.610. The Labute approximate surface area is 107 Å². The summed E-state index contributed by atoms with van der Waals surface area (Å²) in [6.45, 7) is 7.39. The minimum Gasteiger partial charge on any atom is -0.362 e. The molecule has 0 atom stereocenters. The first-order valence-electron chi connectivity index (χ1n) is 5.75. The highest BCUT2D eigenvalue weighted by Gasteiger charge is 2.18. The first kappa shape index (κ1) is 11.9. The summed E-state index contributed by atoms with van der Waals surface area (Å²) in [5, 5.41) is 6.42. The van der Waals surface area contributed by atoms with Gasteiger partial charge >= 0.3 is 0 Å². The second kappa shape index (κ2) is 5.15. The van der Waals surface area contributed by atoms with E-state index in [2.05, 4.69) is 35.5 Å². The molecule has 2 nitrogen and oxygen atoms in total. The van der Waals surface area contributed by atoms with Crippen LogP contribution in [0.25, 0.3) is 0 Å². The van der Waals surface area contributed by atoms with Crippen molar-refractivity contribution in [3.8, 4) is 0 Å². The third-order valence-electron chi connectivity index (χ3n) is 2.76. The van der Waals surface area contributed by atoms with E-state index < -0.39 is 0 Å². The van der Waals surface area contributed by atoms with E-state index in [1.807, 2.05) is 11.3 Å². The van der Waals surface area contributed by atoms with E-state index in [1.165, 1.54) is 10.4 Å². The van der Waals surface area contributed by atoms with Gasteiger partial charge in [0.05, 0.1) is 0 Å². The van der Waals surface area contributed by atoms with Gasteiger partial charge in [-0.2, -0.15) is 0 Å². The highest BCUT2D eigenvalue weighted by molar-refractivity contribution is 7.80. The van der Waals surface area contributed by atoms with Crippen molar-refractivity contribution in [2.24, 2.45) is 5.92 Å². The van der Waals surface area contributed by atoms with Gasteiger partial charge in [-0.1, -0.05) is 13.8 Å². The molecule has 4 heteroatoms. The predicted molar refractivity (Wildman–Crippen MR) is 73.9 cm³/mol. The molecule has 0 spiro atoms. The van der Waals surface area contributed by atoms with Crippen LogP contribution in [0.15, 0.2) is 11.4 Å². The van der Waals surface area contributed by atoms with Crippen molar-refractivity contribution < 1.29 is 0 Å². The molecule has 0 aliphatic carbocycles. The Kier molecular flexibility index (Phi) is 3.82. The normalized spacial score (nSPS) is 15.1. The quantitative estimate of drug-likeness (QED) is 0.817. The van der Waals surface area contributed by atoms with E-state index in [4.69, 9.17) is 12.2 Å². The minimum absolute atomic E-state index is 0.638. The van der Waals surface area contributed by atoms with Crippen molar-refractivity contribution in [2.45, 2.75) is 26.8 Å². The van der Waals surface area contributed by atoms with Gasteiger partial charge in [0, 0.05) is 24.5 Å². The van der Waals surface area contributed by atoms with Gasteiger partial charge in [0.1, 0.15) is 0 Å². The number of thiocarbonyl (C=S) groups is 1. The van der Waals surface area contributed by atoms with Gasteiger partial charge in [-0.25, -0.2) is 0 Å². The molecule has 1 aromatic heterocycles. The van der Waals surface area contributed by atoms with Gasteiger partial charge in [-0.05, 0) is 41.6 Å². The fourth-order valence-corrected chi connectivity index (χ4v) is 2.95. The molecular formula is C12H18N2S2. The largest absolute Gasteiger partial charge is 0.362 e. The summed E-state index contributed by atoms with van der Waals surface area (Å²) in [5.74, 6) is 0.638. The van der Waals surface area contributed by atoms with Gasteiger partial charge in [0.25, 0.3) is 0 Å². The van der Waals surface area contributed by atoms with E-state index in [0.717, 1.165) is 31.2 Å². The number of thiophene rings is 1. The fraction of sp³-hybridized carbons (Fsp3) is 0.583. The Bertz CT molecular complexity index is 371. The molecule has 0 bridgehead atoms. The maximum atomic E-state index is 5.41. The van der Waals surface area contributed by atoms with Crippen LogP contribution in [-0.2, 0) is 13.0 Å². The lowest BCUT2D eigenvalue weighted by atomic mass is 10.1. The molecule has 1 N–H and O–H groups in total. The Morgan fingerprint density at radius 1 is 1.62 bits per heavy atom. The number of rotatable bonds is 2. The molecule has 0 saturated carbocycles. The number of hydrogen-bond donors (Lipinski definition) is 1. The number of nitrogens with zero attached hydrogens (tertiary/aromatic N) is 1. The van der Waals surface area contributed by atoms with Gasteiger partial charge in [0.2, 0.25) is 0 Å². The van der Waals surface area contributed by atoms with Crippen molar-refractivity contribution >= 4 is 28.7 Å². The van der Waals surface area contributed by atoms with E-state index in [0.29, 0.717) is 5.92 Å². The van der Waals surface area contributed by atoms with Crippen LogP contribution in [0.4, 0.5) is 0 Å². The maximum absolute atomic E-state index is 5.41. The van der Waals surface area contributed by atoms with E-state index in [1.54, 1.807) is 0 Å². The third kappa shape index (κ3) is 2.74. The lowest BCUT2D eigenvalue weighted by Gasteiger charge is -2.29. The fourth-order valence-electron chi connectivity index (χ4n) is 1.83. The third-order valence-corrected chi connectivity index (χ3v) is 4.18. The molecule has 88 valence electrons. The summed E-state index contributed by atoms with van der Waals surface area (Å²) in [4.78, 5) is 3.80. The summed E-state index contributed by atoms with van der Waals surface area (Å²) in [7, 11) is 0. The standard InChI is InChI=1S/C12H18N2S2/c1-9(2)7-13-12(15)14-5-3-11-10(8-14)4-6-16-11/h4,6,9H,3,5,7-8H2,1-2H3,(H,13,15). The van der Waals surface area contributed by atoms with E-state index >= 15 is 0 Å². The van der Waals surface area contributed by atoms with Crippen molar-refractivity contribution in [1.29, 1.82) is 0 Å². The van der Waals surface area contributed by atoms with E-state index in [9.17, 15) is 0 Å². The van der Waals surface area contributed by atoms with Crippen LogP contribution in [0.3, 0.4) is 0 Å². The van der Waals surface area contributed by atoms with Gasteiger partial charge in [0.15, 0.2) is 5.11 Å². The molecule has 0 amide bonds. The minimum atomic E-state index is 0.638. The summed E-state index contributed by atoms with van der Waals surface area (Å²) in [5.41, 5.74) is 1.45. The van der Waals surface area contributed by atoms with Crippen molar-refractivity contribution in [3.05, 3.63) is 21.9 Å². The summed E-state index contributed by atoms with van der Waals surface area (Å²) in [6, 6.07) is 2.22. The Balaban J connectivity index is 1.90. The number of hydrogen-bond acceptors (Lipinski definition) is 2. The average Bonchev–Trinajstić information content (AvgIpc) is 2.72. The molecule has 0 radical (unpaired) electrons. The highest BCUT2D eigenvalue weighted by Crippen LogP contribution is 2.23. The monoisotopic (exact) mass is 254 g/mol.